The maximum atomic E-state index is 12.0. The molecule has 0 fully saturated rings. The number of aromatic hydroxyl groups is 1. The Morgan fingerprint density at radius 1 is 1.25 bits per heavy atom. The predicted molar refractivity (Wildman–Crippen MR) is 77.2 cm³/mol. The van der Waals surface area contributed by atoms with Gasteiger partial charge in [0.2, 0.25) is 0 Å². The van der Waals surface area contributed by atoms with E-state index in [-0.39, 0.29) is 24.2 Å². The number of anilines is 1. The fraction of sp³-hybridized carbons (Fsp3) is 0.188. The first-order valence-corrected chi connectivity index (χ1v) is 6.36. The van der Waals surface area contributed by atoms with E-state index in [0.29, 0.717) is 5.69 Å². The Morgan fingerprint density at radius 3 is 2.70 bits per heavy atom. The van der Waals surface area contributed by atoms with Crippen LogP contribution >= 0.6 is 0 Å². The molecule has 20 heavy (non-hydrogen) atoms. The van der Waals surface area contributed by atoms with E-state index in [9.17, 15) is 9.90 Å². The first-order valence-electron chi connectivity index (χ1n) is 6.36. The van der Waals surface area contributed by atoms with Crippen LogP contribution in [-0.4, -0.2) is 11.1 Å². The number of esters is 1. The van der Waals surface area contributed by atoms with Crippen molar-refractivity contribution in [1.82, 2.24) is 0 Å². The third kappa shape index (κ3) is 3.51. The van der Waals surface area contributed by atoms with Gasteiger partial charge in [-0.3, -0.25) is 4.79 Å². The van der Waals surface area contributed by atoms with Crippen LogP contribution in [0.5, 0.6) is 5.75 Å². The predicted octanol–water partition coefficient (Wildman–Crippen LogP) is 2.82. The Kier molecular flexibility index (Phi) is 4.25. The minimum Gasteiger partial charge on any atom is -0.508 e. The van der Waals surface area contributed by atoms with Crippen LogP contribution in [0.2, 0.25) is 0 Å². The topological polar surface area (TPSA) is 72.5 Å². The van der Waals surface area contributed by atoms with Gasteiger partial charge >= 0.3 is 5.97 Å². The number of nitrogens with two attached hydrogens (primary N) is 1. The zero-order valence-electron chi connectivity index (χ0n) is 11.2. The maximum absolute atomic E-state index is 12.0. The molecule has 3 N–H and O–H groups in total. The van der Waals surface area contributed by atoms with Crippen molar-refractivity contribution in [2.24, 2.45) is 0 Å². The van der Waals surface area contributed by atoms with Gasteiger partial charge in [-0.05, 0) is 42.3 Å². The molecule has 0 saturated carbocycles. The minimum absolute atomic E-state index is 0.139. The minimum atomic E-state index is -0.379. The highest BCUT2D eigenvalue weighted by molar-refractivity contribution is 5.78. The third-order valence-electron chi connectivity index (χ3n) is 3.06. The maximum Gasteiger partial charge on any atom is 0.313 e. The van der Waals surface area contributed by atoms with Crippen LogP contribution in [0, 0.1) is 0 Å². The summed E-state index contributed by atoms with van der Waals surface area (Å²) in [4.78, 5) is 12.0. The van der Waals surface area contributed by atoms with E-state index in [1.165, 1.54) is 0 Å². The van der Waals surface area contributed by atoms with Gasteiger partial charge in [-0.2, -0.15) is 0 Å². The highest BCUT2D eigenvalue weighted by Crippen LogP contribution is 2.20. The first-order chi connectivity index (χ1) is 9.56. The second-order valence-electron chi connectivity index (χ2n) is 4.67. The summed E-state index contributed by atoms with van der Waals surface area (Å²) in [6.07, 6.45) is 0. The molecule has 0 bridgehead atoms. The lowest BCUT2D eigenvalue weighted by molar-refractivity contribution is -0.146. The largest absolute Gasteiger partial charge is 0.508 e. The summed E-state index contributed by atoms with van der Waals surface area (Å²) in [5.41, 5.74) is 7.89. The summed E-state index contributed by atoms with van der Waals surface area (Å²) in [6, 6.07) is 13.8. The highest BCUT2D eigenvalue weighted by Gasteiger charge is 2.17. The van der Waals surface area contributed by atoms with Crippen LogP contribution in [0.1, 0.15) is 24.0 Å². The molecular weight excluding hydrogens is 254 g/mol. The zero-order chi connectivity index (χ0) is 14.5. The summed E-state index contributed by atoms with van der Waals surface area (Å²) in [5.74, 6) is -0.544. The molecule has 0 aliphatic heterocycles. The third-order valence-corrected chi connectivity index (χ3v) is 3.06. The lowest BCUT2D eigenvalue weighted by Crippen LogP contribution is -2.13. The second kappa shape index (κ2) is 6.10. The number of ether oxygens (including phenoxy) is 1. The van der Waals surface area contributed by atoms with Crippen molar-refractivity contribution >= 4 is 11.7 Å². The number of nitrogen functional groups attached to an aromatic ring is 1. The number of benzene rings is 2. The van der Waals surface area contributed by atoms with E-state index in [4.69, 9.17) is 10.5 Å². The van der Waals surface area contributed by atoms with Crippen LogP contribution in [0.15, 0.2) is 48.5 Å². The highest BCUT2D eigenvalue weighted by atomic mass is 16.5. The van der Waals surface area contributed by atoms with Crippen molar-refractivity contribution in [3.63, 3.8) is 0 Å². The molecule has 4 nitrogen and oxygen atoms in total. The number of carbonyl (C=O) groups excluding carboxylic acids is 1. The molecule has 2 aromatic carbocycles. The first kappa shape index (κ1) is 13.9. The van der Waals surface area contributed by atoms with Crippen molar-refractivity contribution in [3.8, 4) is 5.75 Å². The molecule has 0 saturated heterocycles. The van der Waals surface area contributed by atoms with Gasteiger partial charge in [0.25, 0.3) is 0 Å². The van der Waals surface area contributed by atoms with Gasteiger partial charge in [0, 0.05) is 5.69 Å². The fourth-order valence-electron chi connectivity index (χ4n) is 1.89. The second-order valence-corrected chi connectivity index (χ2v) is 4.67. The summed E-state index contributed by atoms with van der Waals surface area (Å²) in [7, 11) is 0. The van der Waals surface area contributed by atoms with E-state index < -0.39 is 0 Å². The quantitative estimate of drug-likeness (QED) is 0.662. The van der Waals surface area contributed by atoms with Gasteiger partial charge in [0.15, 0.2) is 0 Å². The average molecular weight is 271 g/mol. The van der Waals surface area contributed by atoms with Crippen LogP contribution < -0.4 is 5.73 Å². The van der Waals surface area contributed by atoms with Gasteiger partial charge in [0.05, 0.1) is 5.92 Å². The standard InChI is InChI=1S/C16H17NO3/c1-11(13-5-3-6-14(17)9-13)16(19)20-10-12-4-2-7-15(18)8-12/h2-9,11,18H,10,17H2,1H3. The lowest BCUT2D eigenvalue weighted by Gasteiger charge is -2.12. The monoisotopic (exact) mass is 271 g/mol. The van der Waals surface area contributed by atoms with Gasteiger partial charge in [-0.25, -0.2) is 0 Å². The van der Waals surface area contributed by atoms with Crippen LogP contribution in [0.3, 0.4) is 0 Å². The normalized spacial score (nSPS) is 11.8. The molecule has 0 aromatic heterocycles. The molecule has 2 aromatic rings. The smallest absolute Gasteiger partial charge is 0.313 e. The molecule has 0 heterocycles. The van der Waals surface area contributed by atoms with Crippen molar-refractivity contribution in [1.29, 1.82) is 0 Å². The van der Waals surface area contributed by atoms with Crippen molar-refractivity contribution in [3.05, 3.63) is 59.7 Å². The summed E-state index contributed by atoms with van der Waals surface area (Å²) < 4.78 is 5.25. The number of phenolic OH excluding ortho intramolecular Hbond substituents is 1. The van der Waals surface area contributed by atoms with Crippen LogP contribution in [0.25, 0.3) is 0 Å². The molecule has 1 atom stereocenters. The van der Waals surface area contributed by atoms with E-state index in [1.807, 2.05) is 12.1 Å². The van der Waals surface area contributed by atoms with E-state index in [2.05, 4.69) is 0 Å². The SMILES string of the molecule is CC(C(=O)OCc1cccc(O)c1)c1cccc(N)c1. The Hall–Kier alpha value is -2.49. The molecule has 1 unspecified atom stereocenters. The molecule has 2 rings (SSSR count). The Morgan fingerprint density at radius 2 is 2.00 bits per heavy atom. The molecule has 0 amide bonds. The van der Waals surface area contributed by atoms with E-state index in [1.54, 1.807) is 43.3 Å². The molecule has 0 aliphatic carbocycles. The molecule has 104 valence electrons. The summed E-state index contributed by atoms with van der Waals surface area (Å²) in [5, 5.41) is 9.34. The van der Waals surface area contributed by atoms with Crippen molar-refractivity contribution in [2.75, 3.05) is 5.73 Å². The number of hydrogen-bond acceptors (Lipinski definition) is 4. The molecule has 0 aliphatic rings. The lowest BCUT2D eigenvalue weighted by atomic mass is 10.0. The van der Waals surface area contributed by atoms with Crippen molar-refractivity contribution in [2.45, 2.75) is 19.4 Å². The molecule has 4 heteroatoms. The average Bonchev–Trinajstić information content (AvgIpc) is 2.44. The molecular formula is C16H17NO3. The Labute approximate surface area is 117 Å². The van der Waals surface area contributed by atoms with Crippen LogP contribution in [-0.2, 0) is 16.1 Å². The van der Waals surface area contributed by atoms with Crippen LogP contribution in [0.4, 0.5) is 5.69 Å². The van der Waals surface area contributed by atoms with E-state index in [0.717, 1.165) is 11.1 Å². The van der Waals surface area contributed by atoms with Gasteiger partial charge < -0.3 is 15.6 Å². The van der Waals surface area contributed by atoms with Gasteiger partial charge in [0.1, 0.15) is 12.4 Å². The number of hydrogen-bond donors (Lipinski definition) is 2. The Balaban J connectivity index is 1.98. The Bertz CT molecular complexity index is 610. The van der Waals surface area contributed by atoms with Gasteiger partial charge in [-0.15, -0.1) is 0 Å². The molecule has 0 spiro atoms. The summed E-state index contributed by atoms with van der Waals surface area (Å²) in [6.45, 7) is 1.92. The fourth-order valence-corrected chi connectivity index (χ4v) is 1.89. The zero-order valence-corrected chi connectivity index (χ0v) is 11.2. The number of phenols is 1. The van der Waals surface area contributed by atoms with E-state index >= 15 is 0 Å². The van der Waals surface area contributed by atoms with Crippen molar-refractivity contribution < 1.29 is 14.6 Å². The number of carbonyl (C=O) groups is 1. The van der Waals surface area contributed by atoms with Gasteiger partial charge in [-0.1, -0.05) is 24.3 Å². The number of rotatable bonds is 4. The summed E-state index contributed by atoms with van der Waals surface area (Å²) >= 11 is 0. The molecule has 0 radical (unpaired) electrons.